The lowest BCUT2D eigenvalue weighted by Gasteiger charge is -2.10. The molecule has 2 rings (SSSR count). The van der Waals surface area contributed by atoms with Gasteiger partial charge in [0.15, 0.2) is 5.43 Å². The van der Waals surface area contributed by atoms with Crippen LogP contribution in [0.25, 0.3) is 0 Å². The summed E-state index contributed by atoms with van der Waals surface area (Å²) in [5.41, 5.74) is 1.30. The minimum absolute atomic E-state index is 0.0841. The summed E-state index contributed by atoms with van der Waals surface area (Å²) in [7, 11) is 0. The predicted octanol–water partition coefficient (Wildman–Crippen LogP) is 2.33. The van der Waals surface area contributed by atoms with Gasteiger partial charge in [-0.1, -0.05) is 0 Å². The van der Waals surface area contributed by atoms with E-state index in [1.807, 2.05) is 19.9 Å². The first-order valence-corrected chi connectivity index (χ1v) is 6.33. The van der Waals surface area contributed by atoms with E-state index in [0.29, 0.717) is 12.3 Å². The number of hydrogen-bond donors (Lipinski definition) is 2. The van der Waals surface area contributed by atoms with E-state index in [1.165, 1.54) is 18.5 Å². The molecular formula is C15H16N2O3. The minimum Gasteiger partial charge on any atom is -0.494 e. The fraction of sp³-hybridized carbons (Fsp3) is 0.200. The second-order valence-corrected chi connectivity index (χ2v) is 4.29. The molecule has 0 aliphatic carbocycles. The molecule has 0 radical (unpaired) electrons. The third-order valence-electron chi connectivity index (χ3n) is 2.83. The number of hydrogen-bond acceptors (Lipinski definition) is 3. The monoisotopic (exact) mass is 272 g/mol. The van der Waals surface area contributed by atoms with Crippen molar-refractivity contribution >= 4 is 11.6 Å². The van der Waals surface area contributed by atoms with Gasteiger partial charge in [-0.25, -0.2) is 0 Å². The summed E-state index contributed by atoms with van der Waals surface area (Å²) in [6.45, 7) is 4.37. The van der Waals surface area contributed by atoms with Crippen molar-refractivity contribution in [3.8, 4) is 5.75 Å². The fourth-order valence-electron chi connectivity index (χ4n) is 1.82. The summed E-state index contributed by atoms with van der Waals surface area (Å²) >= 11 is 0. The summed E-state index contributed by atoms with van der Waals surface area (Å²) in [5.74, 6) is 0.319. The first-order chi connectivity index (χ1) is 9.61. The number of aromatic nitrogens is 1. The molecule has 5 heteroatoms. The van der Waals surface area contributed by atoms with Crippen LogP contribution in [0.2, 0.25) is 0 Å². The highest BCUT2D eigenvalue weighted by molar-refractivity contribution is 6.04. The van der Waals surface area contributed by atoms with Gasteiger partial charge in [-0.3, -0.25) is 9.59 Å². The molecule has 0 spiro atoms. The number of benzene rings is 1. The van der Waals surface area contributed by atoms with Crippen LogP contribution < -0.4 is 15.5 Å². The van der Waals surface area contributed by atoms with Crippen molar-refractivity contribution in [2.45, 2.75) is 13.8 Å². The van der Waals surface area contributed by atoms with Crippen molar-refractivity contribution in [3.63, 3.8) is 0 Å². The van der Waals surface area contributed by atoms with Gasteiger partial charge in [0, 0.05) is 24.1 Å². The molecule has 5 nitrogen and oxygen atoms in total. The second kappa shape index (κ2) is 6.06. The van der Waals surface area contributed by atoms with E-state index in [-0.39, 0.29) is 11.0 Å². The zero-order valence-electron chi connectivity index (χ0n) is 11.4. The van der Waals surface area contributed by atoms with Gasteiger partial charge in [0.25, 0.3) is 5.91 Å². The van der Waals surface area contributed by atoms with Gasteiger partial charge in [-0.05, 0) is 37.6 Å². The van der Waals surface area contributed by atoms with E-state index >= 15 is 0 Å². The van der Waals surface area contributed by atoms with Crippen LogP contribution in [0, 0.1) is 6.92 Å². The first kappa shape index (κ1) is 13.9. The number of carbonyl (C=O) groups excluding carboxylic acids is 1. The Kier molecular flexibility index (Phi) is 4.20. The highest BCUT2D eigenvalue weighted by Crippen LogP contribution is 2.21. The molecular weight excluding hydrogens is 256 g/mol. The lowest BCUT2D eigenvalue weighted by Crippen LogP contribution is -2.21. The lowest BCUT2D eigenvalue weighted by molar-refractivity contribution is 0.102. The van der Waals surface area contributed by atoms with E-state index in [1.54, 1.807) is 12.1 Å². The number of anilines is 1. The highest BCUT2D eigenvalue weighted by Gasteiger charge is 2.11. The fourth-order valence-corrected chi connectivity index (χ4v) is 1.82. The molecule has 2 N–H and O–H groups in total. The number of H-pyrrole nitrogens is 1. The number of aromatic amines is 1. The second-order valence-electron chi connectivity index (χ2n) is 4.29. The summed E-state index contributed by atoms with van der Waals surface area (Å²) in [5, 5.41) is 2.72. The van der Waals surface area contributed by atoms with Crippen LogP contribution in [0.5, 0.6) is 5.75 Å². The Bertz CT molecular complexity index is 677. The van der Waals surface area contributed by atoms with Crippen LogP contribution in [-0.4, -0.2) is 17.5 Å². The van der Waals surface area contributed by atoms with Crippen molar-refractivity contribution in [2.24, 2.45) is 0 Å². The van der Waals surface area contributed by atoms with Crippen molar-refractivity contribution in [2.75, 3.05) is 11.9 Å². The number of pyridine rings is 1. The molecule has 0 atom stereocenters. The van der Waals surface area contributed by atoms with Crippen LogP contribution in [0.15, 0.2) is 41.5 Å². The molecule has 1 amide bonds. The maximum atomic E-state index is 12.0. The number of amides is 1. The summed E-state index contributed by atoms with van der Waals surface area (Å²) < 4.78 is 5.38. The van der Waals surface area contributed by atoms with Crippen LogP contribution >= 0.6 is 0 Å². The maximum absolute atomic E-state index is 12.0. The van der Waals surface area contributed by atoms with Gasteiger partial charge < -0.3 is 15.0 Å². The molecule has 0 aliphatic rings. The number of rotatable bonds is 4. The Morgan fingerprint density at radius 2 is 2.15 bits per heavy atom. The minimum atomic E-state index is -0.431. The van der Waals surface area contributed by atoms with Crippen LogP contribution in [0.1, 0.15) is 22.8 Å². The van der Waals surface area contributed by atoms with E-state index in [2.05, 4.69) is 10.3 Å². The molecule has 20 heavy (non-hydrogen) atoms. The zero-order valence-corrected chi connectivity index (χ0v) is 11.4. The maximum Gasteiger partial charge on any atom is 0.261 e. The number of aryl methyl sites for hydroxylation is 1. The number of nitrogens with one attached hydrogen (secondary N) is 2. The Hall–Kier alpha value is -2.56. The third kappa shape index (κ3) is 3.06. The van der Waals surface area contributed by atoms with Gasteiger partial charge in [-0.15, -0.1) is 0 Å². The Morgan fingerprint density at radius 3 is 2.80 bits per heavy atom. The van der Waals surface area contributed by atoms with Crippen LogP contribution in [0.4, 0.5) is 5.69 Å². The summed E-state index contributed by atoms with van der Waals surface area (Å²) in [4.78, 5) is 26.3. The normalized spacial score (nSPS) is 10.1. The third-order valence-corrected chi connectivity index (χ3v) is 2.83. The molecule has 0 bridgehead atoms. The smallest absolute Gasteiger partial charge is 0.261 e. The van der Waals surface area contributed by atoms with Gasteiger partial charge in [0.2, 0.25) is 0 Å². The van der Waals surface area contributed by atoms with E-state index in [9.17, 15) is 9.59 Å². The molecule has 104 valence electrons. The van der Waals surface area contributed by atoms with E-state index in [0.717, 1.165) is 11.3 Å². The summed E-state index contributed by atoms with van der Waals surface area (Å²) in [6, 6.07) is 6.70. The average Bonchev–Trinajstić information content (AvgIpc) is 2.42. The quantitative estimate of drug-likeness (QED) is 0.897. The van der Waals surface area contributed by atoms with Crippen LogP contribution in [-0.2, 0) is 0 Å². The van der Waals surface area contributed by atoms with Crippen LogP contribution in [0.3, 0.4) is 0 Å². The molecule has 2 aromatic rings. The highest BCUT2D eigenvalue weighted by atomic mass is 16.5. The lowest BCUT2D eigenvalue weighted by atomic mass is 10.1. The Labute approximate surface area is 116 Å². The van der Waals surface area contributed by atoms with Gasteiger partial charge >= 0.3 is 0 Å². The topological polar surface area (TPSA) is 71.2 Å². The number of ether oxygens (including phenoxy) is 1. The first-order valence-electron chi connectivity index (χ1n) is 6.33. The molecule has 0 saturated carbocycles. The molecule has 0 aliphatic heterocycles. The van der Waals surface area contributed by atoms with Crippen molar-refractivity contribution in [3.05, 3.63) is 58.0 Å². The Balaban J connectivity index is 2.20. The summed E-state index contributed by atoms with van der Waals surface area (Å²) in [6.07, 6.45) is 2.88. The van der Waals surface area contributed by atoms with Gasteiger partial charge in [0.1, 0.15) is 11.3 Å². The van der Waals surface area contributed by atoms with Gasteiger partial charge in [-0.2, -0.15) is 0 Å². The van der Waals surface area contributed by atoms with Crippen molar-refractivity contribution in [1.82, 2.24) is 4.98 Å². The molecule has 0 unspecified atom stereocenters. The molecule has 1 aromatic heterocycles. The predicted molar refractivity (Wildman–Crippen MR) is 77.4 cm³/mol. The van der Waals surface area contributed by atoms with E-state index < -0.39 is 5.91 Å². The van der Waals surface area contributed by atoms with Crippen molar-refractivity contribution in [1.29, 1.82) is 0 Å². The van der Waals surface area contributed by atoms with E-state index in [4.69, 9.17) is 4.74 Å². The molecule has 1 heterocycles. The zero-order chi connectivity index (χ0) is 14.5. The van der Waals surface area contributed by atoms with Gasteiger partial charge in [0.05, 0.1) is 6.61 Å². The van der Waals surface area contributed by atoms with Crippen molar-refractivity contribution < 1.29 is 9.53 Å². The number of carbonyl (C=O) groups is 1. The molecule has 0 fully saturated rings. The SMILES string of the molecule is CCOc1ccc(NC(=O)c2c[nH]ccc2=O)c(C)c1. The standard InChI is InChI=1S/C15H16N2O3/c1-3-20-11-4-5-13(10(2)8-11)17-15(19)12-9-16-7-6-14(12)18/h4-9H,3H2,1-2H3,(H,16,18)(H,17,19). The molecule has 1 aromatic carbocycles. The Morgan fingerprint density at radius 1 is 1.35 bits per heavy atom. The molecule has 0 saturated heterocycles. The largest absolute Gasteiger partial charge is 0.494 e. The average molecular weight is 272 g/mol.